The number of aromatic nitrogens is 3. The average Bonchev–Trinajstić information content (AvgIpc) is 2.84. The minimum Gasteiger partial charge on any atom is -0.470 e. The highest BCUT2D eigenvalue weighted by atomic mass is 19.4. The van der Waals surface area contributed by atoms with Crippen molar-refractivity contribution in [2.75, 3.05) is 6.54 Å². The number of carbonyl (C=O) groups excluding carboxylic acids is 1. The fourth-order valence-corrected chi connectivity index (χ4v) is 3.87. The molecule has 2 unspecified atom stereocenters. The average molecular weight is 508 g/mol. The fourth-order valence-electron chi connectivity index (χ4n) is 3.87. The zero-order chi connectivity index (χ0) is 26.5. The first kappa shape index (κ1) is 27.0. The molecule has 1 amide bonds. The molecule has 0 spiro atoms. The molecule has 0 radical (unpaired) electrons. The minimum absolute atomic E-state index is 0.164. The summed E-state index contributed by atoms with van der Waals surface area (Å²) in [5.41, 5.74) is -0.864. The molecule has 36 heavy (non-hydrogen) atoms. The van der Waals surface area contributed by atoms with Crippen molar-refractivity contribution in [3.05, 3.63) is 71.7 Å². The van der Waals surface area contributed by atoms with Gasteiger partial charge >= 0.3 is 6.18 Å². The molecule has 0 aliphatic heterocycles. The van der Waals surface area contributed by atoms with Crippen molar-refractivity contribution >= 4 is 5.91 Å². The Labute approximate surface area is 205 Å². The zero-order valence-electron chi connectivity index (χ0n) is 19.9. The van der Waals surface area contributed by atoms with Crippen molar-refractivity contribution in [2.45, 2.75) is 51.9 Å². The van der Waals surface area contributed by atoms with Crippen LogP contribution in [-0.2, 0) is 6.18 Å². The smallest absolute Gasteiger partial charge is 0.417 e. The van der Waals surface area contributed by atoms with Gasteiger partial charge in [0.2, 0.25) is 0 Å². The molecule has 0 aliphatic carbocycles. The van der Waals surface area contributed by atoms with Crippen molar-refractivity contribution in [3.63, 3.8) is 0 Å². The van der Waals surface area contributed by atoms with Crippen LogP contribution in [0.2, 0.25) is 0 Å². The number of hydrogen-bond acceptors (Lipinski definition) is 5. The lowest BCUT2D eigenvalue weighted by Gasteiger charge is -2.35. The van der Waals surface area contributed by atoms with Crippen LogP contribution in [0.25, 0.3) is 11.4 Å². The maximum atomic E-state index is 14.4. The second-order valence-electron chi connectivity index (χ2n) is 8.04. The van der Waals surface area contributed by atoms with Gasteiger partial charge < -0.3 is 9.64 Å². The van der Waals surface area contributed by atoms with Crippen LogP contribution in [0.15, 0.2) is 48.9 Å². The molecule has 0 fully saturated rings. The number of benzene rings is 1. The number of rotatable bonds is 9. The molecule has 3 rings (SSSR count). The summed E-state index contributed by atoms with van der Waals surface area (Å²) in [7, 11) is 0. The van der Waals surface area contributed by atoms with E-state index in [1.165, 1.54) is 29.4 Å². The first-order valence-electron chi connectivity index (χ1n) is 11.3. The van der Waals surface area contributed by atoms with Crippen molar-refractivity contribution < 1.29 is 31.5 Å². The maximum absolute atomic E-state index is 14.4. The molecule has 0 aliphatic rings. The third-order valence-corrected chi connectivity index (χ3v) is 5.58. The predicted octanol–water partition coefficient (Wildman–Crippen LogP) is 5.93. The van der Waals surface area contributed by atoms with Crippen LogP contribution in [0.4, 0.5) is 22.0 Å². The molecular weight excluding hydrogens is 483 g/mol. The van der Waals surface area contributed by atoms with Gasteiger partial charge in [-0.3, -0.25) is 4.79 Å². The van der Waals surface area contributed by atoms with Crippen LogP contribution in [0, 0.1) is 11.6 Å². The largest absolute Gasteiger partial charge is 0.470 e. The molecule has 2 atom stereocenters. The Morgan fingerprint density at radius 2 is 1.78 bits per heavy atom. The van der Waals surface area contributed by atoms with Crippen LogP contribution in [0.1, 0.15) is 49.5 Å². The maximum Gasteiger partial charge on any atom is 0.417 e. The van der Waals surface area contributed by atoms with Gasteiger partial charge in [0.15, 0.2) is 11.6 Å². The number of alkyl halides is 3. The lowest BCUT2D eigenvalue weighted by molar-refractivity contribution is -0.138. The number of likely N-dealkylation sites (N-methyl/N-ethyl adjacent to an activating group) is 1. The molecule has 2 heterocycles. The van der Waals surface area contributed by atoms with Gasteiger partial charge in [0.25, 0.3) is 11.8 Å². The van der Waals surface area contributed by atoms with Crippen LogP contribution in [0.5, 0.6) is 5.88 Å². The van der Waals surface area contributed by atoms with Gasteiger partial charge in [-0.2, -0.15) is 13.2 Å². The summed E-state index contributed by atoms with van der Waals surface area (Å²) in [5.74, 6) is -2.70. The van der Waals surface area contributed by atoms with Crippen molar-refractivity contribution in [1.82, 2.24) is 19.9 Å². The van der Waals surface area contributed by atoms with Crippen molar-refractivity contribution in [3.8, 4) is 17.3 Å². The number of carbonyl (C=O) groups is 1. The van der Waals surface area contributed by atoms with Crippen molar-refractivity contribution in [1.29, 1.82) is 0 Å². The van der Waals surface area contributed by atoms with E-state index in [9.17, 15) is 26.7 Å². The van der Waals surface area contributed by atoms with E-state index in [0.29, 0.717) is 25.1 Å². The van der Waals surface area contributed by atoms with E-state index in [0.717, 1.165) is 6.07 Å². The number of halogens is 5. The number of nitrogens with zero attached hydrogens (tertiary/aromatic N) is 4. The Morgan fingerprint density at radius 1 is 1.08 bits per heavy atom. The fraction of sp³-hybridized carbons (Fsp3) is 0.360. The van der Waals surface area contributed by atoms with E-state index >= 15 is 0 Å². The topological polar surface area (TPSA) is 68.2 Å². The quantitative estimate of drug-likeness (QED) is 0.335. The number of amides is 1. The monoisotopic (exact) mass is 508 g/mol. The molecule has 0 saturated carbocycles. The van der Waals surface area contributed by atoms with E-state index in [1.807, 2.05) is 6.92 Å². The minimum atomic E-state index is -4.75. The molecule has 3 aromatic rings. The first-order valence-corrected chi connectivity index (χ1v) is 11.3. The molecule has 2 aromatic heterocycles. The third kappa shape index (κ3) is 6.13. The lowest BCUT2D eigenvalue weighted by atomic mass is 10.0. The number of pyridine rings is 1. The van der Waals surface area contributed by atoms with E-state index in [1.54, 1.807) is 19.9 Å². The van der Waals surface area contributed by atoms with Crippen LogP contribution >= 0.6 is 0 Å². The molecule has 0 saturated heterocycles. The zero-order valence-corrected chi connectivity index (χ0v) is 19.9. The van der Waals surface area contributed by atoms with E-state index < -0.39 is 47.3 Å². The molecule has 192 valence electrons. The Hall–Kier alpha value is -3.63. The highest BCUT2D eigenvalue weighted by Gasteiger charge is 2.34. The standard InChI is InChI=1S/C25H25F5N4O2/c1-4-7-21(15(3)36-23-20(27)12-16(14-33-23)25(28,29)30)34(5-2)24(35)18-9-8-17(26)13-19(18)22-31-10-6-11-32-22/h6,8-15,21H,4-5,7H2,1-3H3. The summed E-state index contributed by atoms with van der Waals surface area (Å²) in [6.45, 7) is 5.44. The van der Waals surface area contributed by atoms with E-state index in [4.69, 9.17) is 4.74 Å². The van der Waals surface area contributed by atoms with Gasteiger partial charge in [0.05, 0.1) is 17.2 Å². The predicted molar refractivity (Wildman–Crippen MR) is 122 cm³/mol. The molecular formula is C25H25F5N4O2. The lowest BCUT2D eigenvalue weighted by Crippen LogP contribution is -2.48. The highest BCUT2D eigenvalue weighted by Crippen LogP contribution is 2.31. The first-order chi connectivity index (χ1) is 17.1. The van der Waals surface area contributed by atoms with Gasteiger partial charge in [-0.15, -0.1) is 0 Å². The molecule has 0 bridgehead atoms. The Balaban J connectivity index is 1.92. The highest BCUT2D eigenvalue weighted by molar-refractivity contribution is 6.00. The normalized spacial score (nSPS) is 13.2. The van der Waals surface area contributed by atoms with Crippen LogP contribution in [0.3, 0.4) is 0 Å². The van der Waals surface area contributed by atoms with Crippen molar-refractivity contribution in [2.24, 2.45) is 0 Å². The van der Waals surface area contributed by atoms with Crippen LogP contribution < -0.4 is 4.74 Å². The third-order valence-electron chi connectivity index (χ3n) is 5.58. The van der Waals surface area contributed by atoms with E-state index in [2.05, 4.69) is 15.0 Å². The molecule has 0 N–H and O–H groups in total. The van der Waals surface area contributed by atoms with Gasteiger partial charge in [0, 0.05) is 30.7 Å². The second kappa shape index (κ2) is 11.4. The van der Waals surface area contributed by atoms with E-state index in [-0.39, 0.29) is 23.5 Å². The Bertz CT molecular complexity index is 1190. The summed E-state index contributed by atoms with van der Waals surface area (Å²) in [6, 6.07) is 4.99. The van der Waals surface area contributed by atoms with Gasteiger partial charge in [0.1, 0.15) is 11.9 Å². The Kier molecular flexibility index (Phi) is 8.54. The van der Waals surface area contributed by atoms with Gasteiger partial charge in [-0.1, -0.05) is 13.3 Å². The number of hydrogen-bond donors (Lipinski definition) is 0. The summed E-state index contributed by atoms with van der Waals surface area (Å²) < 4.78 is 72.6. The SMILES string of the molecule is CCCC(C(C)Oc1ncc(C(F)(F)F)cc1F)N(CC)C(=O)c1ccc(F)cc1-c1ncccn1. The summed E-state index contributed by atoms with van der Waals surface area (Å²) in [4.78, 5) is 26.9. The molecule has 6 nitrogen and oxygen atoms in total. The summed E-state index contributed by atoms with van der Waals surface area (Å²) >= 11 is 0. The van der Waals surface area contributed by atoms with Crippen LogP contribution in [-0.4, -0.2) is 44.4 Å². The Morgan fingerprint density at radius 3 is 2.36 bits per heavy atom. The summed E-state index contributed by atoms with van der Waals surface area (Å²) in [5, 5.41) is 0. The van der Waals surface area contributed by atoms with Gasteiger partial charge in [-0.25, -0.2) is 23.7 Å². The van der Waals surface area contributed by atoms with Gasteiger partial charge in [-0.05, 0) is 50.6 Å². The second-order valence-corrected chi connectivity index (χ2v) is 8.04. The number of ether oxygens (including phenoxy) is 1. The summed E-state index contributed by atoms with van der Waals surface area (Å²) in [6.07, 6.45) is -1.06. The molecule has 11 heteroatoms. The molecule has 1 aromatic carbocycles.